The first-order valence-corrected chi connectivity index (χ1v) is 8.87. The van der Waals surface area contributed by atoms with Crippen LogP contribution >= 0.6 is 22.7 Å². The monoisotopic (exact) mass is 346 g/mol. The zero-order valence-electron chi connectivity index (χ0n) is 12.5. The van der Waals surface area contributed by atoms with Crippen molar-refractivity contribution >= 4 is 28.6 Å². The van der Waals surface area contributed by atoms with E-state index >= 15 is 0 Å². The molecule has 1 amide bonds. The van der Waals surface area contributed by atoms with Gasteiger partial charge in [-0.15, -0.1) is 22.7 Å². The molecule has 0 saturated carbocycles. The maximum absolute atomic E-state index is 13.0. The average molecular weight is 346 g/mol. The molecule has 0 atom stereocenters. The standard InChI is InChI=1S/C17H15FN2OS2/c1-11-15(16(21)19-9-8-14-3-2-10-22-14)23-17(20-11)12-4-6-13(18)7-5-12/h2-7,10H,8-9H2,1H3,(H,19,21). The van der Waals surface area contributed by atoms with Gasteiger partial charge < -0.3 is 5.32 Å². The predicted octanol–water partition coefficient (Wildman–Crippen LogP) is 4.29. The molecule has 2 heterocycles. The van der Waals surface area contributed by atoms with Crippen LogP contribution in [0.25, 0.3) is 10.6 Å². The van der Waals surface area contributed by atoms with Gasteiger partial charge in [0, 0.05) is 17.0 Å². The number of thiophene rings is 1. The van der Waals surface area contributed by atoms with Crippen LogP contribution < -0.4 is 5.32 Å². The Labute approximate surface area is 141 Å². The van der Waals surface area contributed by atoms with Crippen molar-refractivity contribution in [3.8, 4) is 10.6 Å². The van der Waals surface area contributed by atoms with Crippen LogP contribution in [0.5, 0.6) is 0 Å². The van der Waals surface area contributed by atoms with Gasteiger partial charge in [0.25, 0.3) is 5.91 Å². The molecule has 3 nitrogen and oxygen atoms in total. The lowest BCUT2D eigenvalue weighted by atomic mass is 10.2. The fraction of sp³-hybridized carbons (Fsp3) is 0.176. The minimum absolute atomic E-state index is 0.107. The van der Waals surface area contributed by atoms with E-state index in [1.807, 2.05) is 18.4 Å². The van der Waals surface area contributed by atoms with Crippen molar-refractivity contribution in [2.45, 2.75) is 13.3 Å². The first-order valence-electron chi connectivity index (χ1n) is 7.17. The number of carbonyl (C=O) groups is 1. The molecular formula is C17H15FN2OS2. The summed E-state index contributed by atoms with van der Waals surface area (Å²) in [7, 11) is 0. The summed E-state index contributed by atoms with van der Waals surface area (Å²) in [6, 6.07) is 10.2. The van der Waals surface area contributed by atoms with Crippen LogP contribution in [0.15, 0.2) is 41.8 Å². The second-order valence-electron chi connectivity index (χ2n) is 5.03. The molecule has 1 N–H and O–H groups in total. The van der Waals surface area contributed by atoms with Crippen LogP contribution in [-0.2, 0) is 6.42 Å². The second-order valence-corrected chi connectivity index (χ2v) is 7.06. The molecule has 3 rings (SSSR count). The highest BCUT2D eigenvalue weighted by Gasteiger charge is 2.16. The van der Waals surface area contributed by atoms with Gasteiger partial charge in [-0.05, 0) is 49.1 Å². The van der Waals surface area contributed by atoms with E-state index in [9.17, 15) is 9.18 Å². The van der Waals surface area contributed by atoms with Gasteiger partial charge in [-0.1, -0.05) is 6.07 Å². The number of aryl methyl sites for hydroxylation is 1. The van der Waals surface area contributed by atoms with Gasteiger partial charge in [-0.2, -0.15) is 0 Å². The van der Waals surface area contributed by atoms with Crippen molar-refractivity contribution in [3.05, 3.63) is 63.0 Å². The maximum atomic E-state index is 13.0. The van der Waals surface area contributed by atoms with Crippen LogP contribution in [0.1, 0.15) is 20.2 Å². The highest BCUT2D eigenvalue weighted by Crippen LogP contribution is 2.28. The fourth-order valence-corrected chi connectivity index (χ4v) is 3.85. The Morgan fingerprint density at radius 2 is 2.04 bits per heavy atom. The predicted molar refractivity (Wildman–Crippen MR) is 92.6 cm³/mol. The third-order valence-electron chi connectivity index (χ3n) is 3.33. The molecule has 0 aliphatic carbocycles. The molecule has 0 radical (unpaired) electrons. The maximum Gasteiger partial charge on any atom is 0.263 e. The number of amides is 1. The highest BCUT2D eigenvalue weighted by atomic mass is 32.1. The lowest BCUT2D eigenvalue weighted by molar-refractivity contribution is 0.0957. The lowest BCUT2D eigenvalue weighted by Crippen LogP contribution is -2.25. The largest absolute Gasteiger partial charge is 0.351 e. The van der Waals surface area contributed by atoms with E-state index in [2.05, 4.69) is 16.4 Å². The van der Waals surface area contributed by atoms with Gasteiger partial charge in [0.2, 0.25) is 0 Å². The van der Waals surface area contributed by atoms with E-state index < -0.39 is 0 Å². The summed E-state index contributed by atoms with van der Waals surface area (Å²) < 4.78 is 13.0. The van der Waals surface area contributed by atoms with Gasteiger partial charge in [0.05, 0.1) is 5.69 Å². The van der Waals surface area contributed by atoms with Crippen molar-refractivity contribution in [2.24, 2.45) is 0 Å². The van der Waals surface area contributed by atoms with E-state index in [1.54, 1.807) is 23.5 Å². The van der Waals surface area contributed by atoms with Crippen LogP contribution in [0, 0.1) is 12.7 Å². The van der Waals surface area contributed by atoms with Gasteiger partial charge in [0.15, 0.2) is 0 Å². The van der Waals surface area contributed by atoms with Crippen molar-refractivity contribution in [1.29, 1.82) is 0 Å². The number of hydrogen-bond donors (Lipinski definition) is 1. The normalized spacial score (nSPS) is 10.7. The lowest BCUT2D eigenvalue weighted by Gasteiger charge is -2.02. The van der Waals surface area contributed by atoms with E-state index in [0.717, 1.165) is 17.0 Å². The minimum atomic E-state index is -0.284. The molecule has 0 saturated heterocycles. The number of halogens is 1. The van der Waals surface area contributed by atoms with Crippen LogP contribution in [0.3, 0.4) is 0 Å². The summed E-state index contributed by atoms with van der Waals surface area (Å²) in [6.45, 7) is 2.42. The van der Waals surface area contributed by atoms with Crippen molar-refractivity contribution in [1.82, 2.24) is 10.3 Å². The average Bonchev–Trinajstić information content (AvgIpc) is 3.17. The highest BCUT2D eigenvalue weighted by molar-refractivity contribution is 7.17. The Balaban J connectivity index is 1.67. The first kappa shape index (κ1) is 15.8. The molecule has 0 aliphatic rings. The molecule has 0 spiro atoms. The third-order valence-corrected chi connectivity index (χ3v) is 5.47. The molecule has 23 heavy (non-hydrogen) atoms. The van der Waals surface area contributed by atoms with Crippen molar-refractivity contribution in [2.75, 3.05) is 6.54 Å². The number of nitrogens with zero attached hydrogens (tertiary/aromatic N) is 1. The van der Waals surface area contributed by atoms with Gasteiger partial charge in [0.1, 0.15) is 15.7 Å². The van der Waals surface area contributed by atoms with E-state index in [-0.39, 0.29) is 11.7 Å². The molecule has 118 valence electrons. The Morgan fingerprint density at radius 1 is 1.26 bits per heavy atom. The van der Waals surface area contributed by atoms with Crippen molar-refractivity contribution < 1.29 is 9.18 Å². The number of rotatable bonds is 5. The molecule has 0 aliphatic heterocycles. The number of thiazole rings is 1. The Kier molecular flexibility index (Phi) is 4.83. The summed E-state index contributed by atoms with van der Waals surface area (Å²) in [4.78, 5) is 18.6. The number of nitrogens with one attached hydrogen (secondary N) is 1. The van der Waals surface area contributed by atoms with E-state index in [4.69, 9.17) is 0 Å². The molecule has 3 aromatic rings. The summed E-state index contributed by atoms with van der Waals surface area (Å²) in [5, 5.41) is 5.69. The number of benzene rings is 1. The summed E-state index contributed by atoms with van der Waals surface area (Å²) in [5.74, 6) is -0.390. The smallest absolute Gasteiger partial charge is 0.263 e. The topological polar surface area (TPSA) is 42.0 Å². The zero-order valence-corrected chi connectivity index (χ0v) is 14.1. The van der Waals surface area contributed by atoms with E-state index in [1.165, 1.54) is 28.3 Å². The molecular weight excluding hydrogens is 331 g/mol. The van der Waals surface area contributed by atoms with Crippen LogP contribution in [0.2, 0.25) is 0 Å². The Morgan fingerprint density at radius 3 is 2.74 bits per heavy atom. The van der Waals surface area contributed by atoms with Gasteiger partial charge in [-0.25, -0.2) is 9.37 Å². The SMILES string of the molecule is Cc1nc(-c2ccc(F)cc2)sc1C(=O)NCCc1cccs1. The molecule has 0 fully saturated rings. The number of aromatic nitrogens is 1. The molecule has 0 unspecified atom stereocenters. The summed E-state index contributed by atoms with van der Waals surface area (Å²) in [6.07, 6.45) is 0.825. The molecule has 1 aromatic carbocycles. The number of carbonyl (C=O) groups excluding carboxylic acids is 1. The van der Waals surface area contributed by atoms with Gasteiger partial charge in [-0.3, -0.25) is 4.79 Å². The Hall–Kier alpha value is -2.05. The first-order chi connectivity index (χ1) is 11.1. The fourth-order valence-electron chi connectivity index (χ4n) is 2.16. The van der Waals surface area contributed by atoms with Gasteiger partial charge >= 0.3 is 0 Å². The second kappa shape index (κ2) is 7.02. The number of hydrogen-bond acceptors (Lipinski definition) is 4. The van der Waals surface area contributed by atoms with Crippen LogP contribution in [-0.4, -0.2) is 17.4 Å². The minimum Gasteiger partial charge on any atom is -0.351 e. The summed E-state index contributed by atoms with van der Waals surface area (Å²) >= 11 is 3.02. The molecule has 0 bridgehead atoms. The molecule has 2 aromatic heterocycles. The van der Waals surface area contributed by atoms with E-state index in [0.29, 0.717) is 17.1 Å². The molecule has 6 heteroatoms. The summed E-state index contributed by atoms with van der Waals surface area (Å²) in [5.41, 5.74) is 1.51. The zero-order chi connectivity index (χ0) is 16.2. The quantitative estimate of drug-likeness (QED) is 0.749. The van der Waals surface area contributed by atoms with Crippen LogP contribution in [0.4, 0.5) is 4.39 Å². The third kappa shape index (κ3) is 3.83. The Bertz CT molecular complexity index is 795. The van der Waals surface area contributed by atoms with Crippen molar-refractivity contribution in [3.63, 3.8) is 0 Å².